The predicted octanol–water partition coefficient (Wildman–Crippen LogP) is -0.881. The van der Waals surface area contributed by atoms with E-state index in [1.165, 1.54) is 0 Å². The van der Waals surface area contributed by atoms with Gasteiger partial charge in [0, 0.05) is 52.4 Å². The van der Waals surface area contributed by atoms with E-state index in [1.807, 2.05) is 7.05 Å². The number of ether oxygens (including phenoxy) is 1. The van der Waals surface area contributed by atoms with Crippen LogP contribution in [0.2, 0.25) is 0 Å². The smallest absolute Gasteiger partial charge is 0.234 e. The van der Waals surface area contributed by atoms with Crippen molar-refractivity contribution < 1.29 is 9.53 Å². The van der Waals surface area contributed by atoms with Gasteiger partial charge in [0.1, 0.15) is 0 Å². The summed E-state index contributed by atoms with van der Waals surface area (Å²) in [7, 11) is 2.01. The summed E-state index contributed by atoms with van der Waals surface area (Å²) in [5, 5.41) is 6.31. The van der Waals surface area contributed by atoms with E-state index in [2.05, 4.69) is 20.4 Å². The standard InChI is InChI=1S/C14H28N4O2/c1-17(8-9-18-6-4-15-5-7-18)12-14(19)16-11-13-3-2-10-20-13/h13,15H,2-12H2,1H3,(H,16,19). The largest absolute Gasteiger partial charge is 0.376 e. The number of nitrogens with one attached hydrogen (secondary N) is 2. The molecule has 2 heterocycles. The molecule has 2 aliphatic heterocycles. The maximum absolute atomic E-state index is 11.8. The fourth-order valence-corrected chi connectivity index (χ4v) is 2.66. The van der Waals surface area contributed by atoms with Crippen molar-refractivity contribution in [2.75, 3.05) is 66.0 Å². The average Bonchev–Trinajstić information content (AvgIpc) is 2.97. The molecule has 0 radical (unpaired) electrons. The number of nitrogens with zero attached hydrogens (tertiary/aromatic N) is 2. The Morgan fingerprint density at radius 3 is 2.95 bits per heavy atom. The number of hydrogen-bond donors (Lipinski definition) is 2. The molecule has 0 bridgehead atoms. The lowest BCUT2D eigenvalue weighted by Crippen LogP contribution is -2.47. The Hall–Kier alpha value is -0.690. The van der Waals surface area contributed by atoms with Gasteiger partial charge in [0.2, 0.25) is 5.91 Å². The molecular weight excluding hydrogens is 256 g/mol. The molecule has 0 aromatic heterocycles. The lowest BCUT2D eigenvalue weighted by Gasteiger charge is -2.28. The van der Waals surface area contributed by atoms with E-state index in [9.17, 15) is 4.79 Å². The molecule has 2 rings (SSSR count). The lowest BCUT2D eigenvalue weighted by atomic mass is 10.2. The average molecular weight is 284 g/mol. The van der Waals surface area contributed by atoms with Crippen LogP contribution in [-0.2, 0) is 9.53 Å². The van der Waals surface area contributed by atoms with Gasteiger partial charge in [-0.1, -0.05) is 0 Å². The van der Waals surface area contributed by atoms with Gasteiger partial charge in [-0.2, -0.15) is 0 Å². The third kappa shape index (κ3) is 5.75. The summed E-state index contributed by atoms with van der Waals surface area (Å²) < 4.78 is 5.49. The molecule has 2 saturated heterocycles. The van der Waals surface area contributed by atoms with E-state index in [4.69, 9.17) is 4.74 Å². The van der Waals surface area contributed by atoms with Crippen LogP contribution in [0, 0.1) is 0 Å². The van der Waals surface area contributed by atoms with Gasteiger partial charge in [0.05, 0.1) is 12.6 Å². The van der Waals surface area contributed by atoms with E-state index in [1.54, 1.807) is 0 Å². The van der Waals surface area contributed by atoms with Crippen LogP contribution in [0.4, 0.5) is 0 Å². The second-order valence-corrected chi connectivity index (χ2v) is 5.77. The van der Waals surface area contributed by atoms with Crippen molar-refractivity contribution in [3.05, 3.63) is 0 Å². The molecule has 0 saturated carbocycles. The van der Waals surface area contributed by atoms with Gasteiger partial charge in [-0.3, -0.25) is 14.6 Å². The molecule has 0 aromatic carbocycles. The number of hydrogen-bond acceptors (Lipinski definition) is 5. The maximum Gasteiger partial charge on any atom is 0.234 e. The highest BCUT2D eigenvalue weighted by Crippen LogP contribution is 2.10. The molecule has 116 valence electrons. The molecule has 2 aliphatic rings. The van der Waals surface area contributed by atoms with Crippen LogP contribution in [0.25, 0.3) is 0 Å². The van der Waals surface area contributed by atoms with E-state index in [0.717, 1.165) is 58.7 Å². The highest BCUT2D eigenvalue weighted by atomic mass is 16.5. The minimum absolute atomic E-state index is 0.100. The molecule has 2 N–H and O–H groups in total. The van der Waals surface area contributed by atoms with Crippen LogP contribution in [0.1, 0.15) is 12.8 Å². The van der Waals surface area contributed by atoms with E-state index < -0.39 is 0 Å². The monoisotopic (exact) mass is 284 g/mol. The van der Waals surface area contributed by atoms with E-state index in [0.29, 0.717) is 13.1 Å². The van der Waals surface area contributed by atoms with E-state index >= 15 is 0 Å². The van der Waals surface area contributed by atoms with Crippen LogP contribution in [-0.4, -0.2) is 87.8 Å². The summed E-state index contributed by atoms with van der Waals surface area (Å²) in [6, 6.07) is 0. The Labute approximate surface area is 121 Å². The predicted molar refractivity (Wildman–Crippen MR) is 78.8 cm³/mol. The van der Waals surface area contributed by atoms with Gasteiger partial charge >= 0.3 is 0 Å². The Morgan fingerprint density at radius 1 is 1.45 bits per heavy atom. The molecule has 1 unspecified atom stereocenters. The van der Waals surface area contributed by atoms with Gasteiger partial charge in [0.15, 0.2) is 0 Å². The Bertz CT molecular complexity index is 289. The van der Waals surface area contributed by atoms with Gasteiger partial charge in [-0.15, -0.1) is 0 Å². The third-order valence-corrected chi connectivity index (χ3v) is 3.97. The van der Waals surface area contributed by atoms with Gasteiger partial charge in [-0.25, -0.2) is 0 Å². The van der Waals surface area contributed by atoms with Gasteiger partial charge in [-0.05, 0) is 19.9 Å². The molecule has 1 amide bonds. The van der Waals surface area contributed by atoms with Crippen molar-refractivity contribution in [3.8, 4) is 0 Å². The number of carbonyl (C=O) groups excluding carboxylic acids is 1. The van der Waals surface area contributed by atoms with Crippen LogP contribution in [0.3, 0.4) is 0 Å². The van der Waals surface area contributed by atoms with Crippen molar-refractivity contribution >= 4 is 5.91 Å². The van der Waals surface area contributed by atoms with Crippen molar-refractivity contribution in [1.29, 1.82) is 0 Å². The molecule has 20 heavy (non-hydrogen) atoms. The topological polar surface area (TPSA) is 56.8 Å². The zero-order chi connectivity index (χ0) is 14.2. The molecule has 0 spiro atoms. The number of amides is 1. The molecule has 2 fully saturated rings. The Kier molecular flexibility index (Phi) is 6.72. The molecule has 0 aromatic rings. The molecule has 1 atom stereocenters. The third-order valence-electron chi connectivity index (χ3n) is 3.97. The zero-order valence-electron chi connectivity index (χ0n) is 12.6. The van der Waals surface area contributed by atoms with Crippen LogP contribution >= 0.6 is 0 Å². The van der Waals surface area contributed by atoms with Crippen LogP contribution in [0.15, 0.2) is 0 Å². The fourth-order valence-electron chi connectivity index (χ4n) is 2.66. The van der Waals surface area contributed by atoms with Gasteiger partial charge in [0.25, 0.3) is 0 Å². The van der Waals surface area contributed by atoms with E-state index in [-0.39, 0.29) is 12.0 Å². The summed E-state index contributed by atoms with van der Waals surface area (Å²) in [6.45, 7) is 8.31. The van der Waals surface area contributed by atoms with Crippen LogP contribution in [0.5, 0.6) is 0 Å². The molecule has 6 heteroatoms. The summed E-state index contributed by atoms with van der Waals surface area (Å²) in [5.74, 6) is 0.100. The first kappa shape index (κ1) is 15.7. The maximum atomic E-state index is 11.8. The lowest BCUT2D eigenvalue weighted by molar-refractivity contribution is -0.122. The first-order valence-electron chi connectivity index (χ1n) is 7.74. The first-order chi connectivity index (χ1) is 9.74. The van der Waals surface area contributed by atoms with Crippen molar-refractivity contribution in [2.24, 2.45) is 0 Å². The highest BCUT2D eigenvalue weighted by molar-refractivity contribution is 5.77. The molecule has 0 aliphatic carbocycles. The number of carbonyl (C=O) groups is 1. The SMILES string of the molecule is CN(CCN1CCNCC1)CC(=O)NCC1CCCO1. The second kappa shape index (κ2) is 8.56. The Morgan fingerprint density at radius 2 is 2.25 bits per heavy atom. The summed E-state index contributed by atoms with van der Waals surface area (Å²) in [5.41, 5.74) is 0. The Balaban J connectivity index is 1.53. The summed E-state index contributed by atoms with van der Waals surface area (Å²) in [6.07, 6.45) is 2.41. The second-order valence-electron chi connectivity index (χ2n) is 5.77. The van der Waals surface area contributed by atoms with Crippen molar-refractivity contribution in [2.45, 2.75) is 18.9 Å². The quantitative estimate of drug-likeness (QED) is 0.636. The normalized spacial score (nSPS) is 24.2. The zero-order valence-corrected chi connectivity index (χ0v) is 12.6. The fraction of sp³-hybridized carbons (Fsp3) is 0.929. The highest BCUT2D eigenvalue weighted by Gasteiger charge is 2.17. The summed E-state index contributed by atoms with van der Waals surface area (Å²) in [4.78, 5) is 16.4. The minimum atomic E-state index is 0.100. The van der Waals surface area contributed by atoms with Gasteiger partial charge < -0.3 is 15.4 Å². The summed E-state index contributed by atoms with van der Waals surface area (Å²) >= 11 is 0. The molecular formula is C14H28N4O2. The first-order valence-corrected chi connectivity index (χ1v) is 7.74. The van der Waals surface area contributed by atoms with Crippen molar-refractivity contribution in [3.63, 3.8) is 0 Å². The minimum Gasteiger partial charge on any atom is -0.376 e. The van der Waals surface area contributed by atoms with Crippen molar-refractivity contribution in [1.82, 2.24) is 20.4 Å². The van der Waals surface area contributed by atoms with Crippen LogP contribution < -0.4 is 10.6 Å². The number of rotatable bonds is 7. The number of piperazine rings is 1. The number of likely N-dealkylation sites (N-methyl/N-ethyl adjacent to an activating group) is 1. The molecule has 6 nitrogen and oxygen atoms in total.